The molecule has 0 saturated carbocycles. The van der Waals surface area contributed by atoms with Crippen LogP contribution in [0.3, 0.4) is 0 Å². The minimum atomic E-state index is -0.657. The Labute approximate surface area is 227 Å². The first-order valence-electron chi connectivity index (χ1n) is 11.7. The van der Waals surface area contributed by atoms with Crippen molar-refractivity contribution >= 4 is 40.6 Å². The van der Waals surface area contributed by atoms with Crippen LogP contribution in [0.25, 0.3) is 22.0 Å². The summed E-state index contributed by atoms with van der Waals surface area (Å²) < 4.78 is 21.6. The van der Waals surface area contributed by atoms with E-state index >= 15 is 0 Å². The number of fused-ring (bicyclic) bond motifs is 1. The quantitative estimate of drug-likeness (QED) is 0.106. The Morgan fingerprint density at radius 1 is 0.923 bits per heavy atom. The van der Waals surface area contributed by atoms with Crippen molar-refractivity contribution in [1.29, 1.82) is 0 Å². The number of hydrazone groups is 1. The lowest BCUT2D eigenvalue weighted by atomic mass is 10.0. The summed E-state index contributed by atoms with van der Waals surface area (Å²) in [5.74, 6) is 0.170. The number of furan rings is 1. The van der Waals surface area contributed by atoms with Gasteiger partial charge in [0, 0.05) is 21.7 Å². The van der Waals surface area contributed by atoms with Gasteiger partial charge in [-0.05, 0) is 42.5 Å². The minimum absolute atomic E-state index is 0.0619. The van der Waals surface area contributed by atoms with Gasteiger partial charge in [-0.15, -0.1) is 0 Å². The van der Waals surface area contributed by atoms with Crippen molar-refractivity contribution in [3.05, 3.63) is 101 Å². The number of aromatic nitrogens is 1. The zero-order valence-electron chi connectivity index (χ0n) is 20.9. The van der Waals surface area contributed by atoms with Crippen LogP contribution in [0, 0.1) is 0 Å². The maximum absolute atomic E-state index is 13.4. The van der Waals surface area contributed by atoms with Crippen LogP contribution in [0.2, 0.25) is 5.02 Å². The molecule has 0 saturated heterocycles. The number of hydrogen-bond acceptors (Lipinski definition) is 7. The predicted molar refractivity (Wildman–Crippen MR) is 147 cm³/mol. The van der Waals surface area contributed by atoms with Gasteiger partial charge in [-0.25, -0.2) is 10.2 Å². The number of rotatable bonds is 8. The van der Waals surface area contributed by atoms with Crippen molar-refractivity contribution in [3.63, 3.8) is 0 Å². The van der Waals surface area contributed by atoms with Gasteiger partial charge < -0.3 is 23.6 Å². The molecule has 0 radical (unpaired) electrons. The smallest absolute Gasteiger partial charge is 0.379 e. The van der Waals surface area contributed by atoms with E-state index in [2.05, 4.69) is 15.5 Å². The van der Waals surface area contributed by atoms with Gasteiger partial charge in [-0.3, -0.25) is 4.79 Å². The second-order valence-electron chi connectivity index (χ2n) is 8.18. The molecule has 0 atom stereocenters. The van der Waals surface area contributed by atoms with Crippen molar-refractivity contribution in [3.8, 4) is 28.4 Å². The Kier molecular flexibility index (Phi) is 7.33. The second kappa shape index (κ2) is 11.2. The number of esters is 1. The molecule has 2 heterocycles. The molecule has 10 heteroatoms. The third-order valence-electron chi connectivity index (χ3n) is 5.90. The average Bonchev–Trinajstić information content (AvgIpc) is 3.63. The van der Waals surface area contributed by atoms with Gasteiger partial charge in [0.05, 0.1) is 37.6 Å². The molecule has 0 aliphatic heterocycles. The molecule has 2 N–H and O–H groups in total. The lowest BCUT2D eigenvalue weighted by molar-refractivity contribution is 0.0701. The van der Waals surface area contributed by atoms with Crippen LogP contribution in [-0.4, -0.2) is 37.3 Å². The number of amides is 1. The summed E-state index contributed by atoms with van der Waals surface area (Å²) in [5, 5.41) is 5.19. The molecule has 0 bridgehead atoms. The van der Waals surface area contributed by atoms with Crippen molar-refractivity contribution in [2.24, 2.45) is 5.10 Å². The van der Waals surface area contributed by atoms with E-state index < -0.39 is 11.9 Å². The Hall–Kier alpha value is -5.02. The number of para-hydroxylation sites is 1. The molecule has 5 aromatic rings. The summed E-state index contributed by atoms with van der Waals surface area (Å²) in [6, 6.07) is 20.5. The average molecular weight is 544 g/mol. The molecule has 0 aliphatic rings. The van der Waals surface area contributed by atoms with Crippen LogP contribution >= 0.6 is 11.6 Å². The Bertz CT molecular complexity index is 1690. The standard InChI is InChI=1S/C29H22ClN3O6/c1-36-21-13-14-22(37-2)26-25(21)24(18-9-4-5-10-19(18)30)27(32-26)28(34)33-31-16-17-8-3-6-11-20(17)39-29(35)23-12-7-15-38-23/h3-16,32H,1-2H3,(H,33,34). The van der Waals surface area contributed by atoms with Crippen molar-refractivity contribution in [2.45, 2.75) is 0 Å². The lowest BCUT2D eigenvalue weighted by Crippen LogP contribution is -2.19. The maximum atomic E-state index is 13.4. The summed E-state index contributed by atoms with van der Waals surface area (Å²) in [6.45, 7) is 0. The largest absolute Gasteiger partial charge is 0.496 e. The highest BCUT2D eigenvalue weighted by Gasteiger charge is 2.25. The molecule has 3 aromatic carbocycles. The summed E-state index contributed by atoms with van der Waals surface area (Å²) >= 11 is 6.55. The Morgan fingerprint density at radius 3 is 2.41 bits per heavy atom. The summed E-state index contributed by atoms with van der Waals surface area (Å²) in [5.41, 5.74) is 4.93. The van der Waals surface area contributed by atoms with Crippen molar-refractivity contribution in [1.82, 2.24) is 10.4 Å². The molecule has 2 aromatic heterocycles. The molecule has 0 aliphatic carbocycles. The highest BCUT2D eigenvalue weighted by atomic mass is 35.5. The van der Waals surface area contributed by atoms with Crippen molar-refractivity contribution < 1.29 is 28.2 Å². The molecular weight excluding hydrogens is 522 g/mol. The minimum Gasteiger partial charge on any atom is -0.496 e. The SMILES string of the molecule is COc1ccc(OC)c2c(-c3ccccc3Cl)c(C(=O)NN=Cc3ccccc3OC(=O)c3ccco3)[nH]c12. The fourth-order valence-electron chi connectivity index (χ4n) is 4.13. The summed E-state index contributed by atoms with van der Waals surface area (Å²) in [7, 11) is 3.09. The highest BCUT2D eigenvalue weighted by Crippen LogP contribution is 2.43. The number of carbonyl (C=O) groups excluding carboxylic acids is 2. The number of halogens is 1. The fourth-order valence-corrected chi connectivity index (χ4v) is 4.36. The van der Waals surface area contributed by atoms with E-state index in [4.69, 9.17) is 30.2 Å². The van der Waals surface area contributed by atoms with Crippen LogP contribution < -0.4 is 19.6 Å². The molecule has 0 unspecified atom stereocenters. The van der Waals surface area contributed by atoms with Gasteiger partial charge in [-0.1, -0.05) is 41.9 Å². The van der Waals surface area contributed by atoms with Crippen LogP contribution in [0.1, 0.15) is 26.6 Å². The topological polar surface area (TPSA) is 115 Å². The van der Waals surface area contributed by atoms with Gasteiger partial charge in [0.25, 0.3) is 5.91 Å². The summed E-state index contributed by atoms with van der Waals surface area (Å²) in [4.78, 5) is 28.9. The van der Waals surface area contributed by atoms with Crippen molar-refractivity contribution in [2.75, 3.05) is 14.2 Å². The highest BCUT2D eigenvalue weighted by molar-refractivity contribution is 6.34. The van der Waals surface area contributed by atoms with Crippen LogP contribution in [0.5, 0.6) is 17.2 Å². The molecule has 196 valence electrons. The van der Waals surface area contributed by atoms with E-state index in [0.29, 0.717) is 44.1 Å². The number of carbonyl (C=O) groups is 2. The van der Waals surface area contributed by atoms with E-state index in [9.17, 15) is 9.59 Å². The first-order chi connectivity index (χ1) is 19.0. The summed E-state index contributed by atoms with van der Waals surface area (Å²) in [6.07, 6.45) is 2.76. The van der Waals surface area contributed by atoms with E-state index in [1.54, 1.807) is 61.7 Å². The first kappa shape index (κ1) is 25.6. The predicted octanol–water partition coefficient (Wildman–Crippen LogP) is 6.08. The molecular formula is C29H22ClN3O6. The molecule has 9 nitrogen and oxygen atoms in total. The molecule has 39 heavy (non-hydrogen) atoms. The third kappa shape index (κ3) is 5.07. The number of aromatic amines is 1. The monoisotopic (exact) mass is 543 g/mol. The Morgan fingerprint density at radius 2 is 1.67 bits per heavy atom. The number of benzene rings is 3. The number of hydrogen-bond donors (Lipinski definition) is 2. The van der Waals surface area contributed by atoms with E-state index in [1.807, 2.05) is 12.1 Å². The zero-order chi connectivity index (χ0) is 27.4. The third-order valence-corrected chi connectivity index (χ3v) is 6.23. The molecule has 5 rings (SSSR count). The number of ether oxygens (including phenoxy) is 3. The van der Waals surface area contributed by atoms with E-state index in [1.165, 1.54) is 25.7 Å². The van der Waals surface area contributed by atoms with Gasteiger partial charge in [0.2, 0.25) is 5.76 Å². The van der Waals surface area contributed by atoms with Gasteiger partial charge in [0.1, 0.15) is 22.9 Å². The van der Waals surface area contributed by atoms with Crippen LogP contribution in [0.15, 0.2) is 88.6 Å². The number of nitrogens with zero attached hydrogens (tertiary/aromatic N) is 1. The first-order valence-corrected chi connectivity index (χ1v) is 12.1. The molecule has 0 spiro atoms. The number of nitrogens with one attached hydrogen (secondary N) is 2. The van der Waals surface area contributed by atoms with Gasteiger partial charge >= 0.3 is 5.97 Å². The second-order valence-corrected chi connectivity index (χ2v) is 8.59. The fraction of sp³-hybridized carbons (Fsp3) is 0.0690. The molecule has 1 amide bonds. The Balaban J connectivity index is 1.49. The van der Waals surface area contributed by atoms with Gasteiger partial charge in [-0.2, -0.15) is 5.10 Å². The van der Waals surface area contributed by atoms with Crippen LogP contribution in [-0.2, 0) is 0 Å². The normalized spacial score (nSPS) is 11.1. The lowest BCUT2D eigenvalue weighted by Gasteiger charge is -2.10. The number of methoxy groups -OCH3 is 2. The van der Waals surface area contributed by atoms with Gasteiger partial charge in [0.15, 0.2) is 0 Å². The number of H-pyrrole nitrogens is 1. The zero-order valence-corrected chi connectivity index (χ0v) is 21.6. The maximum Gasteiger partial charge on any atom is 0.379 e. The van der Waals surface area contributed by atoms with Crippen LogP contribution in [0.4, 0.5) is 0 Å². The molecule has 0 fully saturated rings. The van der Waals surface area contributed by atoms with E-state index in [-0.39, 0.29) is 17.2 Å². The van der Waals surface area contributed by atoms with E-state index in [0.717, 1.165) is 0 Å².